The largest absolute Gasteiger partial charge is 0.388 e. The van der Waals surface area contributed by atoms with Gasteiger partial charge in [-0.05, 0) is 47.2 Å². The van der Waals surface area contributed by atoms with Gasteiger partial charge in [-0.25, -0.2) is 0 Å². The van der Waals surface area contributed by atoms with E-state index in [4.69, 9.17) is 0 Å². The molecule has 1 aromatic rings. The summed E-state index contributed by atoms with van der Waals surface area (Å²) in [6.45, 7) is 4.37. The summed E-state index contributed by atoms with van der Waals surface area (Å²) in [5.41, 5.74) is 4.16. The zero-order valence-electron chi connectivity index (χ0n) is 14.9. The van der Waals surface area contributed by atoms with Gasteiger partial charge in [0.05, 0.1) is 12.2 Å². The first kappa shape index (κ1) is 17.4. The Morgan fingerprint density at radius 2 is 1.17 bits per heavy atom. The SMILES string of the molecule is CCCC[C@@H]1C=Cc2cc3c(cc2[C@@H]1O)C=C[C@@H](CCCC)[C@H]3O. The predicted octanol–water partition coefficient (Wildman–Crippen LogP) is 5.42. The Balaban J connectivity index is 1.86. The molecule has 2 N–H and O–H groups in total. The second kappa shape index (κ2) is 7.67. The molecular weight excluding hydrogens is 296 g/mol. The summed E-state index contributed by atoms with van der Waals surface area (Å²) in [6, 6.07) is 4.18. The Bertz CT molecular complexity index is 573. The molecule has 2 aliphatic rings. The summed E-state index contributed by atoms with van der Waals surface area (Å²) in [4.78, 5) is 0. The number of aliphatic hydroxyl groups excluding tert-OH is 2. The second-order valence-corrected chi connectivity index (χ2v) is 7.33. The first-order valence-corrected chi connectivity index (χ1v) is 9.56. The fourth-order valence-electron chi connectivity index (χ4n) is 3.98. The molecule has 0 unspecified atom stereocenters. The van der Waals surface area contributed by atoms with Gasteiger partial charge in [0.1, 0.15) is 0 Å². The van der Waals surface area contributed by atoms with Crippen LogP contribution in [0.1, 0.15) is 86.8 Å². The predicted molar refractivity (Wildman–Crippen MR) is 100 cm³/mol. The van der Waals surface area contributed by atoms with Gasteiger partial charge in [-0.1, -0.05) is 63.8 Å². The molecule has 0 bridgehead atoms. The van der Waals surface area contributed by atoms with Gasteiger partial charge in [0.25, 0.3) is 0 Å². The summed E-state index contributed by atoms with van der Waals surface area (Å²) in [5.74, 6) is 0.426. The molecule has 0 aromatic heterocycles. The lowest BCUT2D eigenvalue weighted by atomic mass is 9.78. The molecule has 4 atom stereocenters. The fraction of sp³-hybridized carbons (Fsp3) is 0.545. The molecule has 0 radical (unpaired) electrons. The molecule has 2 aliphatic carbocycles. The van der Waals surface area contributed by atoms with E-state index in [9.17, 15) is 10.2 Å². The molecule has 0 amide bonds. The van der Waals surface area contributed by atoms with E-state index in [2.05, 4.69) is 50.3 Å². The zero-order chi connectivity index (χ0) is 17.1. The molecular formula is C22H30O2. The number of rotatable bonds is 6. The molecule has 0 aliphatic heterocycles. The van der Waals surface area contributed by atoms with Crippen molar-refractivity contribution in [1.29, 1.82) is 0 Å². The number of benzene rings is 1. The lowest BCUT2D eigenvalue weighted by Gasteiger charge is -2.30. The van der Waals surface area contributed by atoms with Gasteiger partial charge < -0.3 is 10.2 Å². The Morgan fingerprint density at radius 1 is 0.750 bits per heavy atom. The number of hydrogen-bond donors (Lipinski definition) is 2. The van der Waals surface area contributed by atoms with Crippen molar-refractivity contribution in [3.05, 3.63) is 46.5 Å². The van der Waals surface area contributed by atoms with Crippen molar-refractivity contribution in [3.63, 3.8) is 0 Å². The van der Waals surface area contributed by atoms with Crippen LogP contribution in [-0.4, -0.2) is 10.2 Å². The third kappa shape index (κ3) is 3.36. The maximum atomic E-state index is 10.7. The van der Waals surface area contributed by atoms with E-state index in [-0.39, 0.29) is 11.8 Å². The maximum absolute atomic E-state index is 10.7. The molecule has 0 heterocycles. The Morgan fingerprint density at radius 3 is 1.54 bits per heavy atom. The highest BCUT2D eigenvalue weighted by molar-refractivity contribution is 5.67. The minimum Gasteiger partial charge on any atom is -0.388 e. The molecule has 1 aromatic carbocycles. The highest BCUT2D eigenvalue weighted by Crippen LogP contribution is 2.41. The average Bonchev–Trinajstić information content (AvgIpc) is 2.60. The highest BCUT2D eigenvalue weighted by Gasteiger charge is 2.29. The molecule has 3 rings (SSSR count). The quantitative estimate of drug-likeness (QED) is 0.733. The lowest BCUT2D eigenvalue weighted by Crippen LogP contribution is -2.19. The molecule has 130 valence electrons. The van der Waals surface area contributed by atoms with E-state index in [1.54, 1.807) is 0 Å². The van der Waals surface area contributed by atoms with Crippen molar-refractivity contribution in [1.82, 2.24) is 0 Å². The van der Waals surface area contributed by atoms with Crippen molar-refractivity contribution < 1.29 is 10.2 Å². The summed E-state index contributed by atoms with van der Waals surface area (Å²) < 4.78 is 0. The average molecular weight is 326 g/mol. The van der Waals surface area contributed by atoms with Gasteiger partial charge >= 0.3 is 0 Å². The first-order chi connectivity index (χ1) is 11.7. The second-order valence-electron chi connectivity index (χ2n) is 7.33. The molecule has 0 saturated heterocycles. The van der Waals surface area contributed by atoms with Crippen LogP contribution in [0.5, 0.6) is 0 Å². The van der Waals surface area contributed by atoms with Gasteiger partial charge in [0, 0.05) is 11.8 Å². The molecule has 2 heteroatoms. The van der Waals surface area contributed by atoms with Crippen LogP contribution in [0.4, 0.5) is 0 Å². The lowest BCUT2D eigenvalue weighted by molar-refractivity contribution is 0.120. The van der Waals surface area contributed by atoms with Crippen molar-refractivity contribution in [2.45, 2.75) is 64.6 Å². The minimum atomic E-state index is -0.426. The van der Waals surface area contributed by atoms with E-state index in [1.165, 1.54) is 0 Å². The van der Waals surface area contributed by atoms with Gasteiger partial charge in [-0.3, -0.25) is 0 Å². The molecule has 0 spiro atoms. The number of unbranched alkanes of at least 4 members (excludes halogenated alkanes) is 2. The molecule has 0 fully saturated rings. The van der Waals surface area contributed by atoms with Gasteiger partial charge in [-0.15, -0.1) is 0 Å². The fourth-order valence-corrected chi connectivity index (χ4v) is 3.98. The first-order valence-electron chi connectivity index (χ1n) is 9.56. The monoisotopic (exact) mass is 326 g/mol. The van der Waals surface area contributed by atoms with Crippen LogP contribution in [0.3, 0.4) is 0 Å². The van der Waals surface area contributed by atoms with Crippen LogP contribution in [-0.2, 0) is 0 Å². The third-order valence-electron chi connectivity index (χ3n) is 5.57. The smallest absolute Gasteiger partial charge is 0.0858 e. The Hall–Kier alpha value is -1.38. The van der Waals surface area contributed by atoms with Crippen molar-refractivity contribution >= 4 is 12.2 Å². The van der Waals surface area contributed by atoms with Crippen LogP contribution >= 0.6 is 0 Å². The normalized spacial score (nSPS) is 27.8. The van der Waals surface area contributed by atoms with Crippen molar-refractivity contribution in [2.24, 2.45) is 11.8 Å². The number of fused-ring (bicyclic) bond motifs is 2. The molecule has 2 nitrogen and oxygen atoms in total. The van der Waals surface area contributed by atoms with Gasteiger partial charge in [0.15, 0.2) is 0 Å². The van der Waals surface area contributed by atoms with Crippen LogP contribution in [0.25, 0.3) is 12.2 Å². The van der Waals surface area contributed by atoms with Crippen molar-refractivity contribution in [3.8, 4) is 0 Å². The van der Waals surface area contributed by atoms with E-state index >= 15 is 0 Å². The molecule has 0 saturated carbocycles. The Kier molecular flexibility index (Phi) is 5.57. The minimum absolute atomic E-state index is 0.213. The topological polar surface area (TPSA) is 40.5 Å². The van der Waals surface area contributed by atoms with Crippen molar-refractivity contribution in [2.75, 3.05) is 0 Å². The summed E-state index contributed by atoms with van der Waals surface area (Å²) in [7, 11) is 0. The third-order valence-corrected chi connectivity index (χ3v) is 5.57. The zero-order valence-corrected chi connectivity index (χ0v) is 14.9. The standard InChI is InChI=1S/C22H30O2/c1-3-5-7-15-9-11-17-14-20-18(13-19(17)21(15)23)12-10-16(22(20)24)8-6-4-2/h9-16,21-24H,3-8H2,1-2H3/t15-,16-,21-,22-/m1/s1. The highest BCUT2D eigenvalue weighted by atomic mass is 16.3. The van der Waals surface area contributed by atoms with E-state index in [0.717, 1.165) is 60.8 Å². The van der Waals surface area contributed by atoms with E-state index in [0.29, 0.717) is 0 Å². The number of hydrogen-bond acceptors (Lipinski definition) is 2. The Labute approximate surface area is 145 Å². The van der Waals surface area contributed by atoms with Gasteiger partial charge in [-0.2, -0.15) is 0 Å². The van der Waals surface area contributed by atoms with E-state index in [1.807, 2.05) is 0 Å². The van der Waals surface area contributed by atoms with Crippen LogP contribution in [0.15, 0.2) is 24.3 Å². The van der Waals surface area contributed by atoms with Crippen LogP contribution in [0.2, 0.25) is 0 Å². The summed E-state index contributed by atoms with van der Waals surface area (Å²) in [5, 5.41) is 21.5. The number of aliphatic hydroxyl groups is 2. The molecule has 24 heavy (non-hydrogen) atoms. The summed E-state index contributed by atoms with van der Waals surface area (Å²) >= 11 is 0. The maximum Gasteiger partial charge on any atom is 0.0858 e. The van der Waals surface area contributed by atoms with Gasteiger partial charge in [0.2, 0.25) is 0 Å². The van der Waals surface area contributed by atoms with Crippen LogP contribution in [0, 0.1) is 11.8 Å². The van der Waals surface area contributed by atoms with E-state index < -0.39 is 12.2 Å². The van der Waals surface area contributed by atoms with Crippen LogP contribution < -0.4 is 0 Å². The summed E-state index contributed by atoms with van der Waals surface area (Å²) in [6.07, 6.45) is 14.4.